The van der Waals surface area contributed by atoms with Gasteiger partial charge in [0.1, 0.15) is 11.9 Å². The molecule has 1 atom stereocenters. The Morgan fingerprint density at radius 3 is 2.81 bits per heavy atom. The van der Waals surface area contributed by atoms with Crippen molar-refractivity contribution in [2.45, 2.75) is 26.4 Å². The molecule has 0 fully saturated rings. The average molecular weight is 384 g/mol. The minimum atomic E-state index is -0.981. The standard InChI is InChI=1S/C16H19ClFN5O3/c1-10(16(25)26)22(6-5-19-11(2)24)8-12-9-23(21-20-12)13-3-4-15(18)14(17)7-13/h3-4,7,9-10H,5-6,8H2,1-2H3,(H,19,24)(H,25,26). The lowest BCUT2D eigenvalue weighted by Gasteiger charge is -2.25. The molecule has 0 saturated heterocycles. The number of aromatic nitrogens is 3. The molecule has 8 nitrogen and oxygen atoms in total. The van der Waals surface area contributed by atoms with E-state index in [1.54, 1.807) is 18.0 Å². The fourth-order valence-corrected chi connectivity index (χ4v) is 2.45. The molecule has 0 aliphatic heterocycles. The van der Waals surface area contributed by atoms with Crippen molar-refractivity contribution in [3.63, 3.8) is 0 Å². The van der Waals surface area contributed by atoms with Crippen LogP contribution in [0, 0.1) is 5.82 Å². The van der Waals surface area contributed by atoms with Crippen LogP contribution in [0.4, 0.5) is 4.39 Å². The smallest absolute Gasteiger partial charge is 0.320 e. The molecule has 0 spiro atoms. The summed E-state index contributed by atoms with van der Waals surface area (Å²) in [6.07, 6.45) is 1.61. The molecule has 2 rings (SSSR count). The summed E-state index contributed by atoms with van der Waals surface area (Å²) in [4.78, 5) is 24.0. The molecule has 1 aromatic heterocycles. The molecule has 0 bridgehead atoms. The zero-order chi connectivity index (χ0) is 19.3. The number of carboxylic acids is 1. The van der Waals surface area contributed by atoms with Crippen LogP contribution in [0.1, 0.15) is 19.5 Å². The molecule has 140 valence electrons. The maximum atomic E-state index is 13.3. The summed E-state index contributed by atoms with van der Waals surface area (Å²) in [6, 6.07) is 3.39. The Bertz CT molecular complexity index is 798. The van der Waals surface area contributed by atoms with Gasteiger partial charge in [-0.2, -0.15) is 0 Å². The van der Waals surface area contributed by atoms with Gasteiger partial charge < -0.3 is 10.4 Å². The lowest BCUT2D eigenvalue weighted by molar-refractivity contribution is -0.142. The highest BCUT2D eigenvalue weighted by atomic mass is 35.5. The van der Waals surface area contributed by atoms with Gasteiger partial charge in [-0.25, -0.2) is 9.07 Å². The molecule has 1 aromatic carbocycles. The van der Waals surface area contributed by atoms with E-state index in [0.717, 1.165) is 0 Å². The molecule has 1 unspecified atom stereocenters. The Labute approximate surface area is 154 Å². The second kappa shape index (κ2) is 8.72. The van der Waals surface area contributed by atoms with Gasteiger partial charge in [0.05, 0.1) is 22.6 Å². The van der Waals surface area contributed by atoms with E-state index in [4.69, 9.17) is 11.6 Å². The highest BCUT2D eigenvalue weighted by Gasteiger charge is 2.21. The van der Waals surface area contributed by atoms with Crippen LogP contribution in [0.2, 0.25) is 5.02 Å². The van der Waals surface area contributed by atoms with Crippen LogP contribution in [-0.4, -0.2) is 56.0 Å². The number of carbonyl (C=O) groups is 2. The van der Waals surface area contributed by atoms with Crippen molar-refractivity contribution in [1.29, 1.82) is 0 Å². The van der Waals surface area contributed by atoms with Gasteiger partial charge >= 0.3 is 5.97 Å². The number of amides is 1. The van der Waals surface area contributed by atoms with E-state index in [2.05, 4.69) is 15.6 Å². The maximum Gasteiger partial charge on any atom is 0.320 e. The van der Waals surface area contributed by atoms with Crippen LogP contribution in [0.5, 0.6) is 0 Å². The molecule has 2 N–H and O–H groups in total. The number of nitrogens with one attached hydrogen (secondary N) is 1. The minimum absolute atomic E-state index is 0.0315. The SMILES string of the molecule is CC(=O)NCCN(Cc1cn(-c2ccc(F)c(Cl)c2)nn1)C(C)C(=O)O. The summed E-state index contributed by atoms with van der Waals surface area (Å²) in [6.45, 7) is 3.82. The lowest BCUT2D eigenvalue weighted by atomic mass is 10.2. The number of aliphatic carboxylic acids is 1. The van der Waals surface area contributed by atoms with Gasteiger partial charge in [0.2, 0.25) is 5.91 Å². The molecule has 26 heavy (non-hydrogen) atoms. The molecule has 0 aliphatic carbocycles. The quantitative estimate of drug-likeness (QED) is 0.716. The first-order chi connectivity index (χ1) is 12.3. The largest absolute Gasteiger partial charge is 0.480 e. The van der Waals surface area contributed by atoms with E-state index in [1.165, 1.54) is 29.8 Å². The number of rotatable bonds is 8. The predicted molar refractivity (Wildman–Crippen MR) is 92.5 cm³/mol. The highest BCUT2D eigenvalue weighted by molar-refractivity contribution is 6.30. The van der Waals surface area contributed by atoms with Gasteiger partial charge in [-0.15, -0.1) is 5.10 Å². The number of hydrogen-bond acceptors (Lipinski definition) is 5. The van der Waals surface area contributed by atoms with Crippen LogP contribution in [0.3, 0.4) is 0 Å². The molecule has 0 radical (unpaired) electrons. The summed E-state index contributed by atoms with van der Waals surface area (Å²) in [5.41, 5.74) is 1.06. The fraction of sp³-hybridized carbons (Fsp3) is 0.375. The number of hydrogen-bond donors (Lipinski definition) is 2. The summed E-state index contributed by atoms with van der Waals surface area (Å²) < 4.78 is 14.7. The zero-order valence-electron chi connectivity index (χ0n) is 14.3. The first-order valence-corrected chi connectivity index (χ1v) is 8.23. The van der Waals surface area contributed by atoms with E-state index < -0.39 is 17.8 Å². The summed E-state index contributed by atoms with van der Waals surface area (Å²) in [7, 11) is 0. The van der Waals surface area contributed by atoms with Gasteiger partial charge in [-0.3, -0.25) is 14.5 Å². The van der Waals surface area contributed by atoms with E-state index in [0.29, 0.717) is 24.5 Å². The zero-order valence-corrected chi connectivity index (χ0v) is 15.1. The van der Waals surface area contributed by atoms with Crippen molar-refractivity contribution < 1.29 is 19.1 Å². The van der Waals surface area contributed by atoms with E-state index in [1.807, 2.05) is 0 Å². The Morgan fingerprint density at radius 1 is 1.46 bits per heavy atom. The maximum absolute atomic E-state index is 13.3. The molecule has 0 saturated carbocycles. The van der Waals surface area contributed by atoms with Crippen molar-refractivity contribution >= 4 is 23.5 Å². The van der Waals surface area contributed by atoms with Crippen LogP contribution in [-0.2, 0) is 16.1 Å². The molecular weight excluding hydrogens is 365 g/mol. The number of nitrogens with zero attached hydrogens (tertiary/aromatic N) is 4. The molecular formula is C16H19ClFN5O3. The number of benzene rings is 1. The van der Waals surface area contributed by atoms with E-state index >= 15 is 0 Å². The number of halogens is 2. The normalized spacial score (nSPS) is 12.2. The van der Waals surface area contributed by atoms with Crippen molar-refractivity contribution in [2.75, 3.05) is 13.1 Å². The summed E-state index contributed by atoms with van der Waals surface area (Å²) in [5, 5.41) is 19.8. The first-order valence-electron chi connectivity index (χ1n) is 7.86. The number of carboxylic acid groups (broad SMARTS) is 1. The van der Waals surface area contributed by atoms with Gasteiger partial charge in [0.15, 0.2) is 0 Å². The third kappa shape index (κ3) is 5.24. The van der Waals surface area contributed by atoms with Crippen molar-refractivity contribution in [3.8, 4) is 5.69 Å². The van der Waals surface area contributed by atoms with Gasteiger partial charge in [-0.1, -0.05) is 16.8 Å². The third-order valence-corrected chi connectivity index (χ3v) is 4.04. The average Bonchev–Trinajstić information content (AvgIpc) is 3.04. The van der Waals surface area contributed by atoms with E-state index in [-0.39, 0.29) is 17.5 Å². The van der Waals surface area contributed by atoms with Crippen molar-refractivity contribution in [3.05, 3.63) is 40.9 Å². The topological polar surface area (TPSA) is 100 Å². The van der Waals surface area contributed by atoms with Gasteiger partial charge in [0.25, 0.3) is 0 Å². The van der Waals surface area contributed by atoms with Gasteiger partial charge in [0, 0.05) is 26.6 Å². The van der Waals surface area contributed by atoms with Crippen LogP contribution in [0.15, 0.2) is 24.4 Å². The summed E-state index contributed by atoms with van der Waals surface area (Å²) in [5.74, 6) is -1.70. The van der Waals surface area contributed by atoms with Crippen LogP contribution in [0.25, 0.3) is 5.69 Å². The Balaban J connectivity index is 2.12. The Kier molecular flexibility index (Phi) is 6.64. The second-order valence-electron chi connectivity index (χ2n) is 5.72. The first kappa shape index (κ1) is 19.8. The Hall–Kier alpha value is -2.52. The predicted octanol–water partition coefficient (Wildman–Crippen LogP) is 1.47. The molecule has 1 amide bonds. The van der Waals surface area contributed by atoms with Crippen LogP contribution < -0.4 is 5.32 Å². The third-order valence-electron chi connectivity index (χ3n) is 3.75. The molecule has 0 aliphatic rings. The molecule has 10 heteroatoms. The van der Waals surface area contributed by atoms with E-state index in [9.17, 15) is 19.1 Å². The Morgan fingerprint density at radius 2 is 2.19 bits per heavy atom. The lowest BCUT2D eigenvalue weighted by Crippen LogP contribution is -2.42. The van der Waals surface area contributed by atoms with Crippen molar-refractivity contribution in [2.24, 2.45) is 0 Å². The minimum Gasteiger partial charge on any atom is -0.480 e. The van der Waals surface area contributed by atoms with Gasteiger partial charge in [-0.05, 0) is 25.1 Å². The molecule has 2 aromatic rings. The van der Waals surface area contributed by atoms with Crippen LogP contribution >= 0.6 is 11.6 Å². The fourth-order valence-electron chi connectivity index (χ4n) is 2.27. The summed E-state index contributed by atoms with van der Waals surface area (Å²) >= 11 is 5.77. The molecule has 1 heterocycles. The van der Waals surface area contributed by atoms with Crippen molar-refractivity contribution in [1.82, 2.24) is 25.2 Å². The number of carbonyl (C=O) groups excluding carboxylic acids is 1. The second-order valence-corrected chi connectivity index (χ2v) is 6.13. The monoisotopic (exact) mass is 383 g/mol. The highest BCUT2D eigenvalue weighted by Crippen LogP contribution is 2.18.